The Balaban J connectivity index is 3.97. The summed E-state index contributed by atoms with van der Waals surface area (Å²) in [5.41, 5.74) is 0. The third kappa shape index (κ3) is 4.94. The van der Waals surface area contributed by atoms with Gasteiger partial charge in [0.15, 0.2) is 6.29 Å². The molecule has 0 saturated carbocycles. The molecule has 1 unspecified atom stereocenters. The number of rotatable bonds is 6. The molecule has 0 bridgehead atoms. The number of methoxy groups -OCH3 is 2. The van der Waals surface area contributed by atoms with Crippen LogP contribution in [0.15, 0.2) is 0 Å². The molecule has 0 radical (unpaired) electrons. The largest absolute Gasteiger partial charge is 0.354 e. The molecule has 0 aliphatic rings. The predicted molar refractivity (Wildman–Crippen MR) is 50.7 cm³/mol. The number of carbonyl (C=O) groups excluding carboxylic acids is 2. The van der Waals surface area contributed by atoms with Gasteiger partial charge in [-0.3, -0.25) is 9.59 Å². The summed E-state index contributed by atoms with van der Waals surface area (Å²) in [6.07, 6.45) is -0.601. The van der Waals surface area contributed by atoms with E-state index in [0.29, 0.717) is 0 Å². The number of nitrogens with one attached hydrogen (secondary N) is 1. The Morgan fingerprint density at radius 3 is 2.14 bits per heavy atom. The summed E-state index contributed by atoms with van der Waals surface area (Å²) in [6, 6.07) is -0.281. The third-order valence-electron chi connectivity index (χ3n) is 1.67. The lowest BCUT2D eigenvalue weighted by Crippen LogP contribution is -2.43. The van der Waals surface area contributed by atoms with Crippen LogP contribution in [0.3, 0.4) is 0 Å². The molecule has 0 spiro atoms. The molecular formula is C9H17NO4. The van der Waals surface area contributed by atoms with Crippen molar-refractivity contribution in [3.63, 3.8) is 0 Å². The van der Waals surface area contributed by atoms with Gasteiger partial charge in [-0.15, -0.1) is 0 Å². The van der Waals surface area contributed by atoms with E-state index in [0.717, 1.165) is 0 Å². The normalized spacial score (nSPS) is 12.6. The van der Waals surface area contributed by atoms with Crippen molar-refractivity contribution in [2.75, 3.05) is 14.2 Å². The van der Waals surface area contributed by atoms with E-state index in [9.17, 15) is 9.59 Å². The average molecular weight is 203 g/mol. The molecule has 1 N–H and O–H groups in total. The summed E-state index contributed by atoms with van der Waals surface area (Å²) in [6.45, 7) is 3.12. The van der Waals surface area contributed by atoms with Crippen molar-refractivity contribution in [1.82, 2.24) is 5.32 Å². The Morgan fingerprint density at radius 2 is 1.79 bits per heavy atom. The number of amides is 1. The highest BCUT2D eigenvalue weighted by atomic mass is 16.7. The Bertz CT molecular complexity index is 201. The first-order chi connectivity index (χ1) is 6.51. The lowest BCUT2D eigenvalue weighted by atomic mass is 10.2. The van der Waals surface area contributed by atoms with Crippen molar-refractivity contribution in [1.29, 1.82) is 0 Å². The average Bonchev–Trinajstić information content (AvgIpc) is 2.04. The van der Waals surface area contributed by atoms with E-state index in [4.69, 9.17) is 9.47 Å². The Labute approximate surface area is 83.8 Å². The van der Waals surface area contributed by atoms with Crippen molar-refractivity contribution < 1.29 is 19.1 Å². The maximum Gasteiger partial charge on any atom is 0.227 e. The quantitative estimate of drug-likeness (QED) is 0.491. The Morgan fingerprint density at radius 1 is 1.29 bits per heavy atom. The lowest BCUT2D eigenvalue weighted by molar-refractivity contribution is -0.137. The van der Waals surface area contributed by atoms with Crippen LogP contribution < -0.4 is 5.32 Å². The Kier molecular flexibility index (Phi) is 6.07. The first-order valence-electron chi connectivity index (χ1n) is 4.35. The van der Waals surface area contributed by atoms with Gasteiger partial charge in [0.25, 0.3) is 0 Å². The molecular weight excluding hydrogens is 186 g/mol. The van der Waals surface area contributed by atoms with Crippen LogP contribution in [0, 0.1) is 0 Å². The standard InChI is InChI=1S/C9H17NO4/c1-6(11)5-8(12)10-7(2)9(13-3)14-4/h7,9H,5H2,1-4H3,(H,10,12). The first-order valence-corrected chi connectivity index (χ1v) is 4.35. The molecule has 1 amide bonds. The highest BCUT2D eigenvalue weighted by Gasteiger charge is 2.18. The molecule has 0 aliphatic carbocycles. The van der Waals surface area contributed by atoms with E-state index in [-0.39, 0.29) is 24.2 Å². The van der Waals surface area contributed by atoms with E-state index in [1.54, 1.807) is 6.92 Å². The smallest absolute Gasteiger partial charge is 0.227 e. The van der Waals surface area contributed by atoms with Gasteiger partial charge in [0.1, 0.15) is 5.78 Å². The monoisotopic (exact) mass is 203 g/mol. The molecule has 5 heteroatoms. The number of hydrogen-bond donors (Lipinski definition) is 1. The van der Waals surface area contributed by atoms with Crippen molar-refractivity contribution in [3.8, 4) is 0 Å². The number of hydrogen-bond acceptors (Lipinski definition) is 4. The zero-order chi connectivity index (χ0) is 11.1. The molecule has 0 saturated heterocycles. The molecule has 0 aliphatic heterocycles. The van der Waals surface area contributed by atoms with Gasteiger partial charge in [-0.05, 0) is 13.8 Å². The van der Waals surface area contributed by atoms with Crippen LogP contribution in [0.2, 0.25) is 0 Å². The molecule has 5 nitrogen and oxygen atoms in total. The van der Waals surface area contributed by atoms with Gasteiger partial charge in [0, 0.05) is 14.2 Å². The number of carbonyl (C=O) groups is 2. The van der Waals surface area contributed by atoms with E-state index >= 15 is 0 Å². The van der Waals surface area contributed by atoms with Crippen LogP contribution in [0.4, 0.5) is 0 Å². The summed E-state index contributed by atoms with van der Waals surface area (Å²) >= 11 is 0. The molecule has 0 fully saturated rings. The Hall–Kier alpha value is -0.940. The molecule has 0 rings (SSSR count). The lowest BCUT2D eigenvalue weighted by Gasteiger charge is -2.21. The minimum absolute atomic E-state index is 0.107. The van der Waals surface area contributed by atoms with Gasteiger partial charge in [-0.2, -0.15) is 0 Å². The maximum absolute atomic E-state index is 11.2. The maximum atomic E-state index is 11.2. The van der Waals surface area contributed by atoms with Crippen LogP contribution >= 0.6 is 0 Å². The summed E-state index contributed by atoms with van der Waals surface area (Å²) in [5, 5.41) is 2.60. The molecule has 82 valence electrons. The number of ether oxygens (including phenoxy) is 2. The van der Waals surface area contributed by atoms with Crippen LogP contribution in [0.25, 0.3) is 0 Å². The fraction of sp³-hybridized carbons (Fsp3) is 0.778. The van der Waals surface area contributed by atoms with Gasteiger partial charge in [0.2, 0.25) is 5.91 Å². The minimum atomic E-state index is -0.495. The SMILES string of the molecule is COC(OC)C(C)NC(=O)CC(C)=O. The van der Waals surface area contributed by atoms with Gasteiger partial charge in [-0.1, -0.05) is 0 Å². The van der Waals surface area contributed by atoms with E-state index in [1.807, 2.05) is 0 Å². The molecule has 1 atom stereocenters. The fourth-order valence-corrected chi connectivity index (χ4v) is 1.10. The molecule has 14 heavy (non-hydrogen) atoms. The zero-order valence-electron chi connectivity index (χ0n) is 8.99. The first kappa shape index (κ1) is 13.1. The van der Waals surface area contributed by atoms with Crippen molar-refractivity contribution in [2.24, 2.45) is 0 Å². The van der Waals surface area contributed by atoms with Gasteiger partial charge >= 0.3 is 0 Å². The van der Waals surface area contributed by atoms with E-state index in [1.165, 1.54) is 21.1 Å². The highest BCUT2D eigenvalue weighted by molar-refractivity contribution is 5.96. The molecule has 0 aromatic rings. The van der Waals surface area contributed by atoms with Crippen LogP contribution in [0.1, 0.15) is 20.3 Å². The van der Waals surface area contributed by atoms with Crippen LogP contribution in [-0.2, 0) is 19.1 Å². The topological polar surface area (TPSA) is 64.6 Å². The second-order valence-corrected chi connectivity index (χ2v) is 3.07. The highest BCUT2D eigenvalue weighted by Crippen LogP contribution is 1.98. The van der Waals surface area contributed by atoms with Crippen LogP contribution in [0.5, 0.6) is 0 Å². The van der Waals surface area contributed by atoms with Crippen molar-refractivity contribution in [3.05, 3.63) is 0 Å². The second-order valence-electron chi connectivity index (χ2n) is 3.07. The zero-order valence-corrected chi connectivity index (χ0v) is 8.99. The van der Waals surface area contributed by atoms with Crippen molar-refractivity contribution in [2.45, 2.75) is 32.6 Å². The summed E-state index contributed by atoms with van der Waals surface area (Å²) in [4.78, 5) is 21.8. The molecule has 0 heterocycles. The van der Waals surface area contributed by atoms with Gasteiger partial charge < -0.3 is 14.8 Å². The molecule has 0 aromatic heterocycles. The van der Waals surface area contributed by atoms with Crippen LogP contribution in [-0.4, -0.2) is 38.2 Å². The second kappa shape index (κ2) is 6.50. The van der Waals surface area contributed by atoms with Gasteiger partial charge in [-0.25, -0.2) is 0 Å². The number of Topliss-reactive ketones (excluding diaryl/α,β-unsaturated/α-hetero) is 1. The van der Waals surface area contributed by atoms with E-state index < -0.39 is 6.29 Å². The van der Waals surface area contributed by atoms with E-state index in [2.05, 4.69) is 5.32 Å². The number of ketones is 1. The fourth-order valence-electron chi connectivity index (χ4n) is 1.10. The van der Waals surface area contributed by atoms with Crippen molar-refractivity contribution >= 4 is 11.7 Å². The predicted octanol–water partition coefficient (Wildman–Crippen LogP) is 0.0891. The third-order valence-corrected chi connectivity index (χ3v) is 1.67. The summed E-state index contributed by atoms with van der Waals surface area (Å²) in [7, 11) is 2.98. The summed E-state index contributed by atoms with van der Waals surface area (Å²) in [5.74, 6) is -0.481. The summed E-state index contributed by atoms with van der Waals surface area (Å²) < 4.78 is 9.89. The molecule has 0 aromatic carbocycles. The minimum Gasteiger partial charge on any atom is -0.354 e. The van der Waals surface area contributed by atoms with Gasteiger partial charge in [0.05, 0.1) is 12.5 Å².